The Morgan fingerprint density at radius 3 is 2.23 bits per heavy atom. The lowest BCUT2D eigenvalue weighted by atomic mass is 10.1. The Morgan fingerprint density at radius 2 is 1.60 bits per heavy atom. The molecule has 0 saturated carbocycles. The summed E-state index contributed by atoms with van der Waals surface area (Å²) >= 11 is 6.30. The SMILES string of the molecule is CCCNC(=O)[C@@H](C)N(Cc1cccc(C)c1)C(=O)CN(c1cc(Cl)ccc1OC)S(=O)(=O)c1ccc(OC)c(OC)c1. The van der Waals surface area contributed by atoms with E-state index in [2.05, 4.69) is 5.32 Å². The predicted molar refractivity (Wildman–Crippen MR) is 167 cm³/mol. The minimum Gasteiger partial charge on any atom is -0.495 e. The molecule has 232 valence electrons. The van der Waals surface area contributed by atoms with Crippen molar-refractivity contribution in [3.05, 3.63) is 76.8 Å². The Bertz CT molecular complexity index is 1550. The molecule has 0 saturated heterocycles. The number of ether oxygens (including phenoxy) is 3. The van der Waals surface area contributed by atoms with E-state index in [4.69, 9.17) is 25.8 Å². The highest BCUT2D eigenvalue weighted by Gasteiger charge is 2.34. The highest BCUT2D eigenvalue weighted by molar-refractivity contribution is 7.92. The third kappa shape index (κ3) is 8.11. The zero-order chi connectivity index (χ0) is 31.7. The number of benzene rings is 3. The van der Waals surface area contributed by atoms with Gasteiger partial charge < -0.3 is 24.4 Å². The number of nitrogens with zero attached hydrogens (tertiary/aromatic N) is 2. The summed E-state index contributed by atoms with van der Waals surface area (Å²) in [6.45, 7) is 5.34. The highest BCUT2D eigenvalue weighted by atomic mass is 35.5. The lowest BCUT2D eigenvalue weighted by Gasteiger charge is -2.32. The number of hydrogen-bond acceptors (Lipinski definition) is 7. The lowest BCUT2D eigenvalue weighted by molar-refractivity contribution is -0.139. The second kappa shape index (κ2) is 15.0. The Balaban J connectivity index is 2.14. The molecular weight excluding hydrogens is 594 g/mol. The fourth-order valence-electron chi connectivity index (χ4n) is 4.46. The average Bonchev–Trinajstić information content (AvgIpc) is 3.00. The first kappa shape index (κ1) is 33.5. The van der Waals surface area contributed by atoms with Crippen LogP contribution in [0, 0.1) is 6.92 Å². The number of rotatable bonds is 14. The van der Waals surface area contributed by atoms with E-state index >= 15 is 0 Å². The van der Waals surface area contributed by atoms with E-state index in [-0.39, 0.29) is 39.6 Å². The monoisotopic (exact) mass is 631 g/mol. The van der Waals surface area contributed by atoms with Gasteiger partial charge in [-0.1, -0.05) is 48.4 Å². The number of methoxy groups -OCH3 is 3. The third-order valence-electron chi connectivity index (χ3n) is 6.78. The summed E-state index contributed by atoms with van der Waals surface area (Å²) in [5, 5.41) is 3.06. The summed E-state index contributed by atoms with van der Waals surface area (Å²) in [4.78, 5) is 28.4. The van der Waals surface area contributed by atoms with Crippen LogP contribution in [-0.2, 0) is 26.2 Å². The smallest absolute Gasteiger partial charge is 0.265 e. The van der Waals surface area contributed by atoms with Crippen LogP contribution in [0.1, 0.15) is 31.4 Å². The van der Waals surface area contributed by atoms with Crippen LogP contribution in [0.4, 0.5) is 5.69 Å². The molecular formula is C31H38ClN3O7S. The number of carbonyl (C=O) groups excluding carboxylic acids is 2. The van der Waals surface area contributed by atoms with Crippen molar-refractivity contribution in [3.8, 4) is 17.2 Å². The van der Waals surface area contributed by atoms with Crippen molar-refractivity contribution in [2.75, 3.05) is 38.7 Å². The summed E-state index contributed by atoms with van der Waals surface area (Å²) in [6, 6.07) is 15.3. The Kier molecular flexibility index (Phi) is 11.7. The van der Waals surface area contributed by atoms with Gasteiger partial charge in [-0.2, -0.15) is 0 Å². The van der Waals surface area contributed by atoms with Gasteiger partial charge in [-0.05, 0) is 56.2 Å². The normalized spacial score (nSPS) is 11.8. The second-order valence-corrected chi connectivity index (χ2v) is 12.1. The van der Waals surface area contributed by atoms with Crippen LogP contribution in [-0.4, -0.2) is 65.6 Å². The van der Waals surface area contributed by atoms with Crippen molar-refractivity contribution in [3.63, 3.8) is 0 Å². The van der Waals surface area contributed by atoms with Crippen LogP contribution in [0.5, 0.6) is 17.2 Å². The number of hydrogen-bond donors (Lipinski definition) is 1. The van der Waals surface area contributed by atoms with E-state index in [0.717, 1.165) is 21.9 Å². The number of amides is 2. The summed E-state index contributed by atoms with van der Waals surface area (Å²) in [5.41, 5.74) is 1.82. The summed E-state index contributed by atoms with van der Waals surface area (Å²) in [7, 11) is -0.198. The van der Waals surface area contributed by atoms with Crippen molar-refractivity contribution in [2.45, 2.75) is 44.7 Å². The van der Waals surface area contributed by atoms with Gasteiger partial charge in [0, 0.05) is 24.2 Å². The Labute approximate surface area is 258 Å². The molecule has 10 nitrogen and oxygen atoms in total. The van der Waals surface area contributed by atoms with E-state index < -0.39 is 28.5 Å². The highest BCUT2D eigenvalue weighted by Crippen LogP contribution is 2.37. The van der Waals surface area contributed by atoms with E-state index in [1.54, 1.807) is 13.0 Å². The maximum atomic E-state index is 14.3. The molecule has 12 heteroatoms. The van der Waals surface area contributed by atoms with Crippen molar-refractivity contribution >= 4 is 39.1 Å². The van der Waals surface area contributed by atoms with Gasteiger partial charge in [0.25, 0.3) is 10.0 Å². The minimum absolute atomic E-state index is 0.0525. The van der Waals surface area contributed by atoms with Gasteiger partial charge in [-0.15, -0.1) is 0 Å². The fourth-order valence-corrected chi connectivity index (χ4v) is 6.06. The topological polar surface area (TPSA) is 114 Å². The molecule has 0 radical (unpaired) electrons. The minimum atomic E-state index is -4.42. The molecule has 0 aliphatic carbocycles. The van der Waals surface area contributed by atoms with E-state index in [1.807, 2.05) is 38.1 Å². The Hall–Kier alpha value is -3.96. The molecule has 0 spiro atoms. The fraction of sp³-hybridized carbons (Fsp3) is 0.355. The van der Waals surface area contributed by atoms with Gasteiger partial charge in [-0.3, -0.25) is 13.9 Å². The van der Waals surface area contributed by atoms with Gasteiger partial charge in [0.2, 0.25) is 11.8 Å². The first-order valence-corrected chi connectivity index (χ1v) is 15.5. The molecule has 3 rings (SSSR count). The van der Waals surface area contributed by atoms with Crippen molar-refractivity contribution in [2.24, 2.45) is 0 Å². The zero-order valence-corrected chi connectivity index (χ0v) is 26.8. The molecule has 0 fully saturated rings. The first-order chi connectivity index (χ1) is 20.5. The quantitative estimate of drug-likeness (QED) is 0.271. The first-order valence-electron chi connectivity index (χ1n) is 13.7. The lowest BCUT2D eigenvalue weighted by Crippen LogP contribution is -2.51. The van der Waals surface area contributed by atoms with Gasteiger partial charge in [-0.25, -0.2) is 8.42 Å². The third-order valence-corrected chi connectivity index (χ3v) is 8.77. The van der Waals surface area contributed by atoms with Crippen LogP contribution >= 0.6 is 11.6 Å². The van der Waals surface area contributed by atoms with E-state index in [1.165, 1.54) is 56.6 Å². The number of carbonyl (C=O) groups is 2. The van der Waals surface area contributed by atoms with Crippen LogP contribution < -0.4 is 23.8 Å². The van der Waals surface area contributed by atoms with Crippen LogP contribution in [0.15, 0.2) is 65.6 Å². The van der Waals surface area contributed by atoms with Gasteiger partial charge in [0.15, 0.2) is 11.5 Å². The standard InChI is InChI=1S/C31H38ClN3O7S/c1-7-15-33-31(37)22(3)34(19-23-10-8-9-21(2)16-23)30(36)20-35(26-17-24(32)11-13-27(26)40-4)43(38,39)25-12-14-28(41-5)29(18-25)42-6/h8-14,16-18,22H,7,15,19-20H2,1-6H3,(H,33,37)/t22-/m1/s1. The van der Waals surface area contributed by atoms with E-state index in [9.17, 15) is 18.0 Å². The zero-order valence-electron chi connectivity index (χ0n) is 25.2. The van der Waals surface area contributed by atoms with Crippen molar-refractivity contribution in [1.29, 1.82) is 0 Å². The van der Waals surface area contributed by atoms with E-state index in [0.29, 0.717) is 12.3 Å². The second-order valence-electron chi connectivity index (χ2n) is 9.82. The van der Waals surface area contributed by atoms with Crippen molar-refractivity contribution < 1.29 is 32.2 Å². The van der Waals surface area contributed by atoms with Gasteiger partial charge in [0.05, 0.1) is 31.9 Å². The molecule has 3 aromatic rings. The predicted octanol–water partition coefficient (Wildman–Crippen LogP) is 4.81. The number of nitrogens with one attached hydrogen (secondary N) is 1. The van der Waals surface area contributed by atoms with Crippen LogP contribution in [0.25, 0.3) is 0 Å². The van der Waals surface area contributed by atoms with Crippen LogP contribution in [0.3, 0.4) is 0 Å². The molecule has 0 unspecified atom stereocenters. The molecule has 0 aliphatic heterocycles. The maximum Gasteiger partial charge on any atom is 0.265 e. The molecule has 43 heavy (non-hydrogen) atoms. The van der Waals surface area contributed by atoms with Gasteiger partial charge in [0.1, 0.15) is 18.3 Å². The number of aryl methyl sites for hydroxylation is 1. The number of anilines is 1. The molecule has 0 heterocycles. The molecule has 1 N–H and O–H groups in total. The largest absolute Gasteiger partial charge is 0.495 e. The maximum absolute atomic E-state index is 14.3. The molecule has 1 atom stereocenters. The molecule has 0 aromatic heterocycles. The van der Waals surface area contributed by atoms with Crippen molar-refractivity contribution in [1.82, 2.24) is 10.2 Å². The van der Waals surface area contributed by atoms with Crippen LogP contribution in [0.2, 0.25) is 5.02 Å². The number of halogens is 1. The summed E-state index contributed by atoms with van der Waals surface area (Å²) in [5.74, 6) is -0.250. The Morgan fingerprint density at radius 1 is 0.930 bits per heavy atom. The molecule has 2 amide bonds. The molecule has 3 aromatic carbocycles. The summed E-state index contributed by atoms with van der Waals surface area (Å²) < 4.78 is 45.5. The molecule has 0 aliphatic rings. The average molecular weight is 632 g/mol. The summed E-state index contributed by atoms with van der Waals surface area (Å²) in [6.07, 6.45) is 0.718. The number of sulfonamides is 1. The molecule has 0 bridgehead atoms. The van der Waals surface area contributed by atoms with Gasteiger partial charge >= 0.3 is 0 Å².